The number of hydrogen-bond acceptors (Lipinski definition) is 4. The van der Waals surface area contributed by atoms with Crippen molar-refractivity contribution in [1.82, 2.24) is 0 Å². The van der Waals surface area contributed by atoms with Crippen molar-refractivity contribution in [3.63, 3.8) is 0 Å². The molecule has 35 heavy (non-hydrogen) atoms. The lowest BCUT2D eigenvalue weighted by molar-refractivity contribution is -0.132. The molecule has 0 radical (unpaired) electrons. The molecular formula is C30H25NO4. The number of ether oxygens (including phenoxy) is 1. The summed E-state index contributed by atoms with van der Waals surface area (Å²) in [6, 6.07) is 27.2. The van der Waals surface area contributed by atoms with Crippen LogP contribution in [0.15, 0.2) is 96.6 Å². The Balaban J connectivity index is 1.70. The quantitative estimate of drug-likeness (QED) is 0.218. The molecule has 1 fully saturated rings. The molecule has 1 atom stereocenters. The molecule has 4 aromatic rings. The van der Waals surface area contributed by atoms with Crippen LogP contribution in [0.4, 0.5) is 5.69 Å². The summed E-state index contributed by atoms with van der Waals surface area (Å²) in [4.78, 5) is 28.2. The predicted octanol–water partition coefficient (Wildman–Crippen LogP) is 6.17. The summed E-state index contributed by atoms with van der Waals surface area (Å²) >= 11 is 0. The lowest BCUT2D eigenvalue weighted by atomic mass is 9.94. The topological polar surface area (TPSA) is 66.8 Å². The van der Waals surface area contributed by atoms with E-state index in [0.29, 0.717) is 29.2 Å². The summed E-state index contributed by atoms with van der Waals surface area (Å²) in [6.07, 6.45) is 0. The molecule has 0 saturated carbocycles. The standard InChI is InChI=1S/C30H25NO4/c1-3-35-25-15-13-21(14-16-25)27-26(28(32)23-12-11-20-8-4-5-9-22(20)18-23)29(33)30(34)31(27)24-10-6-7-19(2)17-24/h4-18,27,32H,3H2,1-2H3/b28-26-. The third kappa shape index (κ3) is 4.06. The summed E-state index contributed by atoms with van der Waals surface area (Å²) in [5.74, 6) is -0.880. The van der Waals surface area contributed by atoms with Gasteiger partial charge < -0.3 is 9.84 Å². The maximum absolute atomic E-state index is 13.4. The largest absolute Gasteiger partial charge is 0.507 e. The molecule has 1 aliphatic rings. The Morgan fingerprint density at radius 2 is 1.63 bits per heavy atom. The average Bonchev–Trinajstić information content (AvgIpc) is 3.14. The molecule has 5 nitrogen and oxygen atoms in total. The normalized spacial score (nSPS) is 17.2. The second-order valence-corrected chi connectivity index (χ2v) is 8.57. The number of nitrogens with zero attached hydrogens (tertiary/aromatic N) is 1. The smallest absolute Gasteiger partial charge is 0.300 e. The van der Waals surface area contributed by atoms with Gasteiger partial charge in [-0.05, 0) is 66.1 Å². The Kier molecular flexibility index (Phi) is 5.83. The van der Waals surface area contributed by atoms with Gasteiger partial charge in [-0.3, -0.25) is 14.5 Å². The fraction of sp³-hybridized carbons (Fsp3) is 0.133. The molecule has 1 saturated heterocycles. The molecule has 174 valence electrons. The molecule has 1 heterocycles. The number of aliphatic hydroxyl groups excluding tert-OH is 1. The van der Waals surface area contributed by atoms with E-state index in [1.807, 2.05) is 92.7 Å². The van der Waals surface area contributed by atoms with Gasteiger partial charge in [-0.1, -0.05) is 60.7 Å². The zero-order valence-electron chi connectivity index (χ0n) is 19.6. The third-order valence-electron chi connectivity index (χ3n) is 6.25. The van der Waals surface area contributed by atoms with E-state index < -0.39 is 17.7 Å². The number of aryl methyl sites for hydroxylation is 1. The number of ketones is 1. The van der Waals surface area contributed by atoms with Crippen LogP contribution in [0.1, 0.15) is 29.7 Å². The van der Waals surface area contributed by atoms with E-state index in [1.54, 1.807) is 12.1 Å². The lowest BCUT2D eigenvalue weighted by Crippen LogP contribution is -2.29. The molecule has 0 bridgehead atoms. The van der Waals surface area contributed by atoms with Gasteiger partial charge in [0.2, 0.25) is 0 Å². The number of carbonyl (C=O) groups is 2. The highest BCUT2D eigenvalue weighted by Crippen LogP contribution is 2.42. The van der Waals surface area contributed by atoms with E-state index in [4.69, 9.17) is 4.74 Å². The average molecular weight is 464 g/mol. The molecule has 1 aliphatic heterocycles. The molecule has 4 aromatic carbocycles. The van der Waals surface area contributed by atoms with Gasteiger partial charge >= 0.3 is 0 Å². The summed E-state index contributed by atoms with van der Waals surface area (Å²) in [7, 11) is 0. The number of benzene rings is 4. The Bertz CT molecular complexity index is 1470. The van der Waals surface area contributed by atoms with Crippen molar-refractivity contribution < 1.29 is 19.4 Å². The SMILES string of the molecule is CCOc1ccc(C2/C(=C(/O)c3ccc4ccccc4c3)C(=O)C(=O)N2c2cccc(C)c2)cc1. The molecule has 1 unspecified atom stereocenters. The molecular weight excluding hydrogens is 438 g/mol. The number of rotatable bonds is 5. The molecule has 0 aromatic heterocycles. The molecule has 5 rings (SSSR count). The minimum atomic E-state index is -0.779. The first-order valence-electron chi connectivity index (χ1n) is 11.6. The van der Waals surface area contributed by atoms with Crippen LogP contribution in [0.25, 0.3) is 16.5 Å². The highest BCUT2D eigenvalue weighted by Gasteiger charge is 2.47. The number of fused-ring (bicyclic) bond motifs is 1. The molecule has 0 spiro atoms. The zero-order valence-corrected chi connectivity index (χ0v) is 19.6. The van der Waals surface area contributed by atoms with Crippen LogP contribution >= 0.6 is 0 Å². The van der Waals surface area contributed by atoms with E-state index in [2.05, 4.69) is 0 Å². The van der Waals surface area contributed by atoms with E-state index in [0.717, 1.165) is 16.3 Å². The van der Waals surface area contributed by atoms with E-state index in [9.17, 15) is 14.7 Å². The number of carbonyl (C=O) groups excluding carboxylic acids is 2. The maximum Gasteiger partial charge on any atom is 0.300 e. The first-order chi connectivity index (χ1) is 17.0. The summed E-state index contributed by atoms with van der Waals surface area (Å²) in [6.45, 7) is 4.37. The minimum Gasteiger partial charge on any atom is -0.507 e. The first kappa shape index (κ1) is 22.4. The van der Waals surface area contributed by atoms with Crippen LogP contribution in [-0.4, -0.2) is 23.4 Å². The third-order valence-corrected chi connectivity index (χ3v) is 6.25. The van der Waals surface area contributed by atoms with Crippen molar-refractivity contribution in [2.75, 3.05) is 11.5 Å². The zero-order chi connectivity index (χ0) is 24.5. The van der Waals surface area contributed by atoms with Crippen molar-refractivity contribution in [2.45, 2.75) is 19.9 Å². The highest BCUT2D eigenvalue weighted by molar-refractivity contribution is 6.51. The van der Waals surface area contributed by atoms with Crippen molar-refractivity contribution in [3.05, 3.63) is 113 Å². The van der Waals surface area contributed by atoms with E-state index in [1.165, 1.54) is 4.90 Å². The van der Waals surface area contributed by atoms with Crippen molar-refractivity contribution in [3.8, 4) is 5.75 Å². The minimum absolute atomic E-state index is 0.0657. The Morgan fingerprint density at radius 1 is 0.886 bits per heavy atom. The monoisotopic (exact) mass is 463 g/mol. The number of aliphatic hydroxyl groups is 1. The van der Waals surface area contributed by atoms with Crippen molar-refractivity contribution >= 4 is 33.9 Å². The molecule has 0 aliphatic carbocycles. The van der Waals surface area contributed by atoms with E-state index >= 15 is 0 Å². The Labute approximate surface area is 203 Å². The lowest BCUT2D eigenvalue weighted by Gasteiger charge is -2.26. The van der Waals surface area contributed by atoms with Crippen LogP contribution in [0.2, 0.25) is 0 Å². The van der Waals surface area contributed by atoms with Crippen LogP contribution in [0, 0.1) is 6.92 Å². The summed E-state index contributed by atoms with van der Waals surface area (Å²) in [5.41, 5.74) is 2.82. The predicted molar refractivity (Wildman–Crippen MR) is 138 cm³/mol. The van der Waals surface area contributed by atoms with Gasteiger partial charge in [0.25, 0.3) is 11.7 Å². The van der Waals surface area contributed by atoms with E-state index in [-0.39, 0.29) is 11.3 Å². The number of hydrogen-bond donors (Lipinski definition) is 1. The molecule has 1 N–H and O–H groups in total. The van der Waals surface area contributed by atoms with Crippen molar-refractivity contribution in [2.24, 2.45) is 0 Å². The van der Waals surface area contributed by atoms with Crippen molar-refractivity contribution in [1.29, 1.82) is 0 Å². The van der Waals surface area contributed by atoms with Crippen LogP contribution < -0.4 is 9.64 Å². The number of amides is 1. The van der Waals surface area contributed by atoms with Gasteiger partial charge in [-0.2, -0.15) is 0 Å². The van der Waals surface area contributed by atoms with Gasteiger partial charge in [0.05, 0.1) is 18.2 Å². The maximum atomic E-state index is 13.4. The number of anilines is 1. The van der Waals surface area contributed by atoms with Gasteiger partial charge in [-0.15, -0.1) is 0 Å². The van der Waals surface area contributed by atoms with Crippen LogP contribution in [0.3, 0.4) is 0 Å². The fourth-order valence-electron chi connectivity index (χ4n) is 4.60. The Morgan fingerprint density at radius 3 is 2.34 bits per heavy atom. The fourth-order valence-corrected chi connectivity index (χ4v) is 4.60. The summed E-state index contributed by atoms with van der Waals surface area (Å²) in [5, 5.41) is 13.4. The molecule has 5 heteroatoms. The second-order valence-electron chi connectivity index (χ2n) is 8.57. The van der Waals surface area contributed by atoms with Crippen LogP contribution in [0.5, 0.6) is 5.75 Å². The van der Waals surface area contributed by atoms with Crippen LogP contribution in [-0.2, 0) is 9.59 Å². The van der Waals surface area contributed by atoms with Gasteiger partial charge in [0.15, 0.2) is 0 Å². The molecule has 1 amide bonds. The highest BCUT2D eigenvalue weighted by atomic mass is 16.5. The number of Topliss-reactive ketones (excluding diaryl/α,β-unsaturated/α-hetero) is 1. The first-order valence-corrected chi connectivity index (χ1v) is 11.6. The van der Waals surface area contributed by atoms with Gasteiger partial charge in [0.1, 0.15) is 11.5 Å². The second kappa shape index (κ2) is 9.11. The van der Waals surface area contributed by atoms with Gasteiger partial charge in [0, 0.05) is 11.3 Å². The Hall–Kier alpha value is -4.38. The summed E-state index contributed by atoms with van der Waals surface area (Å²) < 4.78 is 5.57. The van der Waals surface area contributed by atoms with Gasteiger partial charge in [-0.25, -0.2) is 0 Å².